The molecule has 1 fully saturated rings. The normalized spacial score (nSPS) is 23.9. The molecule has 1 aromatic carbocycles. The van der Waals surface area contributed by atoms with E-state index < -0.39 is 0 Å². The van der Waals surface area contributed by atoms with Crippen LogP contribution in [0.25, 0.3) is 0 Å². The molecule has 1 aliphatic rings. The Hall–Kier alpha value is -1.42. The molecule has 0 bridgehead atoms. The van der Waals surface area contributed by atoms with Gasteiger partial charge in [-0.25, -0.2) is 4.39 Å². The van der Waals surface area contributed by atoms with Gasteiger partial charge in [-0.15, -0.1) is 0 Å². The Morgan fingerprint density at radius 2 is 2.00 bits per heavy atom. The van der Waals surface area contributed by atoms with E-state index in [1.165, 1.54) is 12.1 Å². The van der Waals surface area contributed by atoms with Crippen LogP contribution in [-0.2, 0) is 4.79 Å². The molecule has 3 nitrogen and oxygen atoms in total. The van der Waals surface area contributed by atoms with E-state index in [0.29, 0.717) is 5.92 Å². The van der Waals surface area contributed by atoms with Crippen molar-refractivity contribution in [2.75, 3.05) is 6.54 Å². The number of halogens is 1. The smallest absolute Gasteiger partial charge is 0.237 e. The molecule has 2 rings (SSSR count). The van der Waals surface area contributed by atoms with Gasteiger partial charge >= 0.3 is 0 Å². The predicted molar refractivity (Wildman–Crippen MR) is 77.7 cm³/mol. The number of carbonyl (C=O) groups is 1. The van der Waals surface area contributed by atoms with Crippen molar-refractivity contribution in [2.24, 2.45) is 11.8 Å². The Labute approximate surface area is 120 Å². The minimum atomic E-state index is -0.256. The van der Waals surface area contributed by atoms with Gasteiger partial charge < -0.3 is 10.6 Å². The molecule has 1 heterocycles. The highest BCUT2D eigenvalue weighted by molar-refractivity contribution is 5.82. The number of amides is 1. The standard InChI is InChI=1S/C16H23FN2O/c1-10(2)14(12-4-6-13(17)7-5-12)19-16(20)15-11(3)8-9-18-15/h4-7,10-11,14-15,18H,8-9H2,1-3H3,(H,19,20). The van der Waals surface area contributed by atoms with E-state index in [0.717, 1.165) is 18.5 Å². The van der Waals surface area contributed by atoms with Gasteiger partial charge in [-0.1, -0.05) is 32.9 Å². The monoisotopic (exact) mass is 278 g/mol. The maximum Gasteiger partial charge on any atom is 0.237 e. The fourth-order valence-corrected chi connectivity index (χ4v) is 2.73. The molecule has 1 aliphatic heterocycles. The Morgan fingerprint density at radius 1 is 1.35 bits per heavy atom. The van der Waals surface area contributed by atoms with Crippen LogP contribution in [-0.4, -0.2) is 18.5 Å². The molecule has 3 unspecified atom stereocenters. The predicted octanol–water partition coefficient (Wildman–Crippen LogP) is 2.64. The molecular formula is C16H23FN2O. The minimum absolute atomic E-state index is 0.0398. The van der Waals surface area contributed by atoms with Gasteiger partial charge in [-0.2, -0.15) is 0 Å². The van der Waals surface area contributed by atoms with Crippen LogP contribution >= 0.6 is 0 Å². The zero-order valence-corrected chi connectivity index (χ0v) is 12.3. The zero-order valence-electron chi connectivity index (χ0n) is 12.3. The van der Waals surface area contributed by atoms with E-state index in [1.54, 1.807) is 12.1 Å². The largest absolute Gasteiger partial charge is 0.348 e. The third kappa shape index (κ3) is 3.37. The second kappa shape index (κ2) is 6.35. The van der Waals surface area contributed by atoms with Crippen molar-refractivity contribution in [1.29, 1.82) is 0 Å². The van der Waals surface area contributed by atoms with Crippen LogP contribution < -0.4 is 10.6 Å². The summed E-state index contributed by atoms with van der Waals surface area (Å²) in [5.74, 6) is 0.392. The molecule has 4 heteroatoms. The molecule has 0 spiro atoms. The van der Waals surface area contributed by atoms with Gasteiger partial charge in [0.1, 0.15) is 5.82 Å². The lowest BCUT2D eigenvalue weighted by Gasteiger charge is -2.26. The number of nitrogens with one attached hydrogen (secondary N) is 2. The van der Waals surface area contributed by atoms with Gasteiger partial charge in [0.2, 0.25) is 5.91 Å². The molecule has 3 atom stereocenters. The molecule has 110 valence electrons. The van der Waals surface area contributed by atoms with Crippen LogP contribution in [0.5, 0.6) is 0 Å². The van der Waals surface area contributed by atoms with Crippen molar-refractivity contribution in [1.82, 2.24) is 10.6 Å². The molecule has 0 radical (unpaired) electrons. The van der Waals surface area contributed by atoms with E-state index in [2.05, 4.69) is 31.4 Å². The van der Waals surface area contributed by atoms with E-state index in [4.69, 9.17) is 0 Å². The van der Waals surface area contributed by atoms with E-state index in [-0.39, 0.29) is 29.7 Å². The van der Waals surface area contributed by atoms with Gasteiger partial charge in [0.15, 0.2) is 0 Å². The van der Waals surface area contributed by atoms with Crippen LogP contribution in [0.4, 0.5) is 4.39 Å². The third-order valence-electron chi connectivity index (χ3n) is 4.01. The van der Waals surface area contributed by atoms with Crippen molar-refractivity contribution in [2.45, 2.75) is 39.3 Å². The first-order chi connectivity index (χ1) is 9.49. The van der Waals surface area contributed by atoms with Crippen molar-refractivity contribution in [3.05, 3.63) is 35.6 Å². The van der Waals surface area contributed by atoms with Gasteiger partial charge in [0.25, 0.3) is 0 Å². The van der Waals surface area contributed by atoms with Gasteiger partial charge in [-0.05, 0) is 42.5 Å². The molecule has 1 saturated heterocycles. The number of rotatable bonds is 4. The molecular weight excluding hydrogens is 255 g/mol. The lowest BCUT2D eigenvalue weighted by molar-refractivity contribution is -0.124. The lowest BCUT2D eigenvalue weighted by atomic mass is 9.94. The van der Waals surface area contributed by atoms with Crippen LogP contribution in [0.1, 0.15) is 38.8 Å². The van der Waals surface area contributed by atoms with E-state index in [9.17, 15) is 9.18 Å². The van der Waals surface area contributed by atoms with Crippen molar-refractivity contribution in [3.63, 3.8) is 0 Å². The average Bonchev–Trinajstić information content (AvgIpc) is 2.83. The van der Waals surface area contributed by atoms with Gasteiger partial charge in [-0.3, -0.25) is 4.79 Å². The number of hydrogen-bond donors (Lipinski definition) is 2. The maximum atomic E-state index is 13.0. The molecule has 2 N–H and O–H groups in total. The first kappa shape index (κ1) is 15.0. The van der Waals surface area contributed by atoms with E-state index in [1.807, 2.05) is 0 Å². The molecule has 1 aromatic rings. The van der Waals surface area contributed by atoms with E-state index >= 15 is 0 Å². The fourth-order valence-electron chi connectivity index (χ4n) is 2.73. The third-order valence-corrected chi connectivity index (χ3v) is 4.01. The second-order valence-corrected chi connectivity index (χ2v) is 5.98. The van der Waals surface area contributed by atoms with Gasteiger partial charge in [0.05, 0.1) is 12.1 Å². The molecule has 1 amide bonds. The van der Waals surface area contributed by atoms with Crippen LogP contribution in [0.3, 0.4) is 0 Å². The zero-order chi connectivity index (χ0) is 14.7. The summed E-state index contributed by atoms with van der Waals surface area (Å²) in [6, 6.07) is 6.16. The first-order valence-corrected chi connectivity index (χ1v) is 7.28. The maximum absolute atomic E-state index is 13.0. The Morgan fingerprint density at radius 3 is 2.50 bits per heavy atom. The van der Waals surface area contributed by atoms with Gasteiger partial charge in [0, 0.05) is 0 Å². The highest BCUT2D eigenvalue weighted by Gasteiger charge is 2.31. The number of benzene rings is 1. The molecule has 0 saturated carbocycles. The van der Waals surface area contributed by atoms with Crippen LogP contribution in [0.2, 0.25) is 0 Å². The minimum Gasteiger partial charge on any atom is -0.348 e. The summed E-state index contributed by atoms with van der Waals surface area (Å²) in [5, 5.41) is 6.34. The molecule has 0 aliphatic carbocycles. The summed E-state index contributed by atoms with van der Waals surface area (Å²) in [4.78, 5) is 12.4. The van der Waals surface area contributed by atoms with Crippen molar-refractivity contribution < 1.29 is 9.18 Å². The second-order valence-electron chi connectivity index (χ2n) is 5.98. The Bertz CT molecular complexity index is 458. The van der Waals surface area contributed by atoms with Crippen molar-refractivity contribution >= 4 is 5.91 Å². The lowest BCUT2D eigenvalue weighted by Crippen LogP contribution is -2.45. The summed E-state index contributed by atoms with van der Waals surface area (Å²) in [6.45, 7) is 7.09. The summed E-state index contributed by atoms with van der Waals surface area (Å²) in [6.07, 6.45) is 1.03. The average molecular weight is 278 g/mol. The first-order valence-electron chi connectivity index (χ1n) is 7.28. The summed E-state index contributed by atoms with van der Waals surface area (Å²) >= 11 is 0. The SMILES string of the molecule is CC(C)C(NC(=O)C1NCCC1C)c1ccc(F)cc1. The summed E-state index contributed by atoms with van der Waals surface area (Å²) in [5.41, 5.74) is 0.945. The van der Waals surface area contributed by atoms with Crippen LogP contribution in [0, 0.1) is 17.7 Å². The highest BCUT2D eigenvalue weighted by atomic mass is 19.1. The number of hydrogen-bond acceptors (Lipinski definition) is 2. The Kier molecular flexibility index (Phi) is 4.76. The molecule has 0 aromatic heterocycles. The fraction of sp³-hybridized carbons (Fsp3) is 0.562. The summed E-state index contributed by atoms with van der Waals surface area (Å²) in [7, 11) is 0. The topological polar surface area (TPSA) is 41.1 Å². The molecule has 20 heavy (non-hydrogen) atoms. The van der Waals surface area contributed by atoms with Crippen LogP contribution in [0.15, 0.2) is 24.3 Å². The quantitative estimate of drug-likeness (QED) is 0.889. The van der Waals surface area contributed by atoms with Crippen molar-refractivity contribution in [3.8, 4) is 0 Å². The number of carbonyl (C=O) groups excluding carboxylic acids is 1. The Balaban J connectivity index is 2.09. The summed E-state index contributed by atoms with van der Waals surface area (Å²) < 4.78 is 13.0. The highest BCUT2D eigenvalue weighted by Crippen LogP contribution is 2.23.